The SMILES string of the molecule is CNCc1ncc(-c2cn(C)nn2)o1. The van der Waals surface area contributed by atoms with E-state index in [0.29, 0.717) is 23.9 Å². The fourth-order valence-corrected chi connectivity index (χ4v) is 1.12. The van der Waals surface area contributed by atoms with Crippen LogP contribution in [0.4, 0.5) is 0 Å². The van der Waals surface area contributed by atoms with Crippen molar-refractivity contribution >= 4 is 0 Å². The van der Waals surface area contributed by atoms with Gasteiger partial charge in [0, 0.05) is 7.05 Å². The van der Waals surface area contributed by atoms with E-state index < -0.39 is 0 Å². The maximum Gasteiger partial charge on any atom is 0.208 e. The first-order valence-electron chi connectivity index (χ1n) is 4.25. The summed E-state index contributed by atoms with van der Waals surface area (Å²) < 4.78 is 7.05. The van der Waals surface area contributed by atoms with Crippen LogP contribution >= 0.6 is 0 Å². The molecular weight excluding hydrogens is 182 g/mol. The highest BCUT2D eigenvalue weighted by Crippen LogP contribution is 2.16. The highest BCUT2D eigenvalue weighted by Gasteiger charge is 2.08. The molecule has 0 aliphatic rings. The smallest absolute Gasteiger partial charge is 0.208 e. The van der Waals surface area contributed by atoms with Crippen molar-refractivity contribution in [3.05, 3.63) is 18.3 Å². The fourth-order valence-electron chi connectivity index (χ4n) is 1.12. The molecule has 0 unspecified atom stereocenters. The molecule has 0 aliphatic carbocycles. The second kappa shape index (κ2) is 3.59. The monoisotopic (exact) mass is 193 g/mol. The van der Waals surface area contributed by atoms with E-state index in [2.05, 4.69) is 20.6 Å². The Morgan fingerprint density at radius 2 is 2.43 bits per heavy atom. The summed E-state index contributed by atoms with van der Waals surface area (Å²) in [6.07, 6.45) is 3.43. The molecule has 0 spiro atoms. The van der Waals surface area contributed by atoms with Crippen molar-refractivity contribution in [2.24, 2.45) is 7.05 Å². The van der Waals surface area contributed by atoms with Crippen molar-refractivity contribution in [1.82, 2.24) is 25.3 Å². The van der Waals surface area contributed by atoms with Gasteiger partial charge in [0.2, 0.25) is 5.89 Å². The van der Waals surface area contributed by atoms with E-state index in [1.54, 1.807) is 24.1 Å². The fraction of sp³-hybridized carbons (Fsp3) is 0.375. The Morgan fingerprint density at radius 1 is 1.57 bits per heavy atom. The summed E-state index contributed by atoms with van der Waals surface area (Å²) in [5, 5.41) is 10.7. The lowest BCUT2D eigenvalue weighted by Crippen LogP contribution is -2.04. The molecule has 2 rings (SSSR count). The minimum Gasteiger partial charge on any atom is -0.438 e. The van der Waals surface area contributed by atoms with Crippen LogP contribution in [-0.2, 0) is 13.6 Å². The maximum absolute atomic E-state index is 5.43. The molecule has 0 saturated carbocycles. The predicted octanol–water partition coefficient (Wildman–Crippen LogP) is 0.189. The van der Waals surface area contributed by atoms with Crippen molar-refractivity contribution < 1.29 is 4.42 Å². The number of oxazole rings is 1. The zero-order valence-corrected chi connectivity index (χ0v) is 8.06. The molecule has 2 aromatic heterocycles. The molecule has 1 N–H and O–H groups in total. The van der Waals surface area contributed by atoms with Gasteiger partial charge in [-0.25, -0.2) is 4.98 Å². The van der Waals surface area contributed by atoms with Gasteiger partial charge in [0.15, 0.2) is 5.76 Å². The summed E-state index contributed by atoms with van der Waals surface area (Å²) in [4.78, 5) is 4.09. The lowest BCUT2D eigenvalue weighted by Gasteiger charge is -1.90. The quantitative estimate of drug-likeness (QED) is 0.753. The van der Waals surface area contributed by atoms with Gasteiger partial charge in [-0.15, -0.1) is 5.10 Å². The van der Waals surface area contributed by atoms with Gasteiger partial charge in [0.25, 0.3) is 0 Å². The lowest BCUT2D eigenvalue weighted by molar-refractivity contribution is 0.489. The van der Waals surface area contributed by atoms with E-state index in [1.807, 2.05) is 7.05 Å². The average Bonchev–Trinajstić information content (AvgIpc) is 2.74. The minimum absolute atomic E-state index is 0.611. The van der Waals surface area contributed by atoms with Crippen LogP contribution in [0.5, 0.6) is 0 Å². The van der Waals surface area contributed by atoms with Gasteiger partial charge >= 0.3 is 0 Å². The second-order valence-electron chi connectivity index (χ2n) is 2.93. The normalized spacial score (nSPS) is 10.7. The zero-order chi connectivity index (χ0) is 9.97. The van der Waals surface area contributed by atoms with E-state index in [-0.39, 0.29) is 0 Å². The first-order valence-corrected chi connectivity index (χ1v) is 4.25. The number of nitrogens with one attached hydrogen (secondary N) is 1. The first kappa shape index (κ1) is 8.89. The molecule has 0 aliphatic heterocycles. The Balaban J connectivity index is 2.24. The third-order valence-corrected chi connectivity index (χ3v) is 1.74. The van der Waals surface area contributed by atoms with Crippen LogP contribution in [0.1, 0.15) is 5.89 Å². The molecule has 0 atom stereocenters. The maximum atomic E-state index is 5.43. The summed E-state index contributed by atoms with van der Waals surface area (Å²) >= 11 is 0. The molecule has 74 valence electrons. The molecule has 0 saturated heterocycles. The third-order valence-electron chi connectivity index (χ3n) is 1.74. The molecule has 0 amide bonds. The molecule has 0 aromatic carbocycles. The van der Waals surface area contributed by atoms with Gasteiger partial charge in [0.1, 0.15) is 5.69 Å². The Labute approximate surface area is 80.9 Å². The number of rotatable bonds is 3. The number of aromatic nitrogens is 4. The Hall–Kier alpha value is -1.69. The highest BCUT2D eigenvalue weighted by atomic mass is 16.4. The van der Waals surface area contributed by atoms with Crippen LogP contribution in [0, 0.1) is 0 Å². The number of nitrogens with zero attached hydrogens (tertiary/aromatic N) is 4. The first-order chi connectivity index (χ1) is 6.79. The summed E-state index contributed by atoms with van der Waals surface area (Å²) in [6, 6.07) is 0. The van der Waals surface area contributed by atoms with Crippen LogP contribution in [0.15, 0.2) is 16.8 Å². The van der Waals surface area contributed by atoms with Crippen LogP contribution in [0.2, 0.25) is 0 Å². The number of hydrogen-bond acceptors (Lipinski definition) is 5. The summed E-state index contributed by atoms with van der Waals surface area (Å²) in [7, 11) is 3.65. The molecule has 0 radical (unpaired) electrons. The van der Waals surface area contributed by atoms with Crippen molar-refractivity contribution in [2.75, 3.05) is 7.05 Å². The van der Waals surface area contributed by atoms with Crippen LogP contribution in [0.3, 0.4) is 0 Å². The van der Waals surface area contributed by atoms with Crippen molar-refractivity contribution in [3.63, 3.8) is 0 Å². The number of aryl methyl sites for hydroxylation is 1. The van der Waals surface area contributed by atoms with E-state index in [9.17, 15) is 0 Å². The zero-order valence-electron chi connectivity index (χ0n) is 8.06. The molecule has 0 bridgehead atoms. The van der Waals surface area contributed by atoms with Gasteiger partial charge < -0.3 is 9.73 Å². The molecule has 0 fully saturated rings. The van der Waals surface area contributed by atoms with E-state index in [0.717, 1.165) is 0 Å². The molecule has 6 nitrogen and oxygen atoms in total. The van der Waals surface area contributed by atoms with Gasteiger partial charge in [-0.2, -0.15) is 0 Å². The largest absolute Gasteiger partial charge is 0.438 e. The molecule has 6 heteroatoms. The molecule has 2 aromatic rings. The van der Waals surface area contributed by atoms with Gasteiger partial charge in [-0.05, 0) is 7.05 Å². The Morgan fingerprint density at radius 3 is 3.07 bits per heavy atom. The van der Waals surface area contributed by atoms with Crippen molar-refractivity contribution in [3.8, 4) is 11.5 Å². The van der Waals surface area contributed by atoms with Crippen molar-refractivity contribution in [1.29, 1.82) is 0 Å². The number of hydrogen-bond donors (Lipinski definition) is 1. The standard InChI is InChI=1S/C8H11N5O/c1-9-4-8-10-3-7(14-8)6-5-13(2)12-11-6/h3,5,9H,4H2,1-2H3. The van der Waals surface area contributed by atoms with Gasteiger partial charge in [0.05, 0.1) is 18.9 Å². The summed E-state index contributed by atoms with van der Waals surface area (Å²) in [6.45, 7) is 0.611. The van der Waals surface area contributed by atoms with Crippen LogP contribution in [-0.4, -0.2) is 27.0 Å². The molecule has 14 heavy (non-hydrogen) atoms. The van der Waals surface area contributed by atoms with Crippen molar-refractivity contribution in [2.45, 2.75) is 6.54 Å². The summed E-state index contributed by atoms with van der Waals surface area (Å²) in [5.41, 5.74) is 0.697. The Bertz CT molecular complexity index is 419. The van der Waals surface area contributed by atoms with E-state index >= 15 is 0 Å². The Kier molecular flexibility index (Phi) is 2.28. The van der Waals surface area contributed by atoms with E-state index in [4.69, 9.17) is 4.42 Å². The van der Waals surface area contributed by atoms with Crippen LogP contribution in [0.25, 0.3) is 11.5 Å². The topological polar surface area (TPSA) is 68.8 Å². The average molecular weight is 193 g/mol. The summed E-state index contributed by atoms with van der Waals surface area (Å²) in [5.74, 6) is 1.29. The van der Waals surface area contributed by atoms with E-state index in [1.165, 1.54) is 0 Å². The van der Waals surface area contributed by atoms with Crippen LogP contribution < -0.4 is 5.32 Å². The second-order valence-corrected chi connectivity index (χ2v) is 2.93. The van der Waals surface area contributed by atoms with Gasteiger partial charge in [-0.3, -0.25) is 4.68 Å². The minimum atomic E-state index is 0.611. The highest BCUT2D eigenvalue weighted by molar-refractivity contribution is 5.48. The van der Waals surface area contributed by atoms with Gasteiger partial charge in [-0.1, -0.05) is 5.21 Å². The molecule has 2 heterocycles. The predicted molar refractivity (Wildman–Crippen MR) is 49.3 cm³/mol. The third kappa shape index (κ3) is 1.64. The lowest BCUT2D eigenvalue weighted by atomic mass is 10.4. The molecular formula is C8H11N5O.